The van der Waals surface area contributed by atoms with E-state index in [4.69, 9.17) is 10.5 Å². The average molecular weight is 349 g/mol. The van der Waals surface area contributed by atoms with Gasteiger partial charge in [-0.2, -0.15) is 0 Å². The Hall–Kier alpha value is -2.06. The number of hydrogen-bond donors (Lipinski definition) is 1. The number of anilines is 2. The molecule has 25 heavy (non-hydrogen) atoms. The van der Waals surface area contributed by atoms with Crippen molar-refractivity contribution in [1.82, 2.24) is 9.80 Å². The maximum atomic E-state index is 11.4. The van der Waals surface area contributed by atoms with E-state index in [1.807, 2.05) is 0 Å². The van der Waals surface area contributed by atoms with Gasteiger partial charge in [-0.3, -0.25) is 15.0 Å². The second-order valence-corrected chi connectivity index (χ2v) is 6.90. The quantitative estimate of drug-likeness (QED) is 0.499. The molecule has 3 rings (SSSR count). The zero-order valence-electron chi connectivity index (χ0n) is 15.0. The molecule has 1 aromatic rings. The summed E-state index contributed by atoms with van der Waals surface area (Å²) in [5.41, 5.74) is 6.78. The zero-order chi connectivity index (χ0) is 18.0. The van der Waals surface area contributed by atoms with Crippen molar-refractivity contribution in [1.29, 1.82) is 0 Å². The summed E-state index contributed by atoms with van der Waals surface area (Å²) < 4.78 is 5.25. The molecular formula is C17H27N5O3. The number of nitrogen functional groups attached to an aromatic ring is 1. The first kappa shape index (κ1) is 17.8. The lowest BCUT2D eigenvalue weighted by Gasteiger charge is -2.42. The van der Waals surface area contributed by atoms with Crippen LogP contribution in [-0.4, -0.2) is 74.2 Å². The van der Waals surface area contributed by atoms with Crippen molar-refractivity contribution in [3.63, 3.8) is 0 Å². The molecule has 2 aliphatic rings. The SMILES string of the molecule is COc1cc(N2CCN(C3CCN(C)CC3)CC2)c([N+](=O)[O-])cc1N. The number of nitro groups is 1. The van der Waals surface area contributed by atoms with Gasteiger partial charge in [0.1, 0.15) is 11.4 Å². The number of benzene rings is 1. The number of methoxy groups -OCH3 is 1. The number of rotatable bonds is 4. The summed E-state index contributed by atoms with van der Waals surface area (Å²) in [5, 5.41) is 11.4. The largest absolute Gasteiger partial charge is 0.495 e. The minimum atomic E-state index is -0.367. The van der Waals surface area contributed by atoms with Crippen molar-refractivity contribution in [3.8, 4) is 5.75 Å². The van der Waals surface area contributed by atoms with Crippen LogP contribution in [0, 0.1) is 10.1 Å². The number of ether oxygens (including phenoxy) is 1. The minimum absolute atomic E-state index is 0.0473. The molecule has 2 N–H and O–H groups in total. The summed E-state index contributed by atoms with van der Waals surface area (Å²) >= 11 is 0. The molecule has 0 radical (unpaired) electrons. The molecule has 2 fully saturated rings. The molecule has 1 aromatic carbocycles. The van der Waals surface area contributed by atoms with Gasteiger partial charge in [-0.05, 0) is 33.0 Å². The van der Waals surface area contributed by atoms with E-state index < -0.39 is 0 Å². The second-order valence-electron chi connectivity index (χ2n) is 6.90. The molecule has 2 heterocycles. The van der Waals surface area contributed by atoms with Crippen LogP contribution < -0.4 is 15.4 Å². The summed E-state index contributed by atoms with van der Waals surface area (Å²) in [4.78, 5) is 18.0. The maximum Gasteiger partial charge on any atom is 0.294 e. The highest BCUT2D eigenvalue weighted by Gasteiger charge is 2.29. The first-order valence-corrected chi connectivity index (χ1v) is 8.79. The normalized spacial score (nSPS) is 20.6. The number of nitrogens with two attached hydrogens (primary N) is 1. The number of piperidine rings is 1. The van der Waals surface area contributed by atoms with E-state index in [-0.39, 0.29) is 10.6 Å². The standard InChI is InChI=1S/C17H27N5O3/c1-19-5-3-13(4-6-19)20-7-9-21(10-8-20)15-12-17(25-2)14(18)11-16(15)22(23)24/h11-13H,3-10,18H2,1-2H3. The fourth-order valence-corrected chi connectivity index (χ4v) is 3.84. The van der Waals surface area contributed by atoms with Gasteiger partial charge in [0.2, 0.25) is 0 Å². The van der Waals surface area contributed by atoms with Gasteiger partial charge >= 0.3 is 0 Å². The van der Waals surface area contributed by atoms with E-state index >= 15 is 0 Å². The van der Waals surface area contributed by atoms with Gasteiger partial charge in [0.15, 0.2) is 0 Å². The third-order valence-electron chi connectivity index (χ3n) is 5.38. The molecule has 0 unspecified atom stereocenters. The van der Waals surface area contributed by atoms with Gasteiger partial charge in [0.05, 0.1) is 17.7 Å². The predicted octanol–water partition coefficient (Wildman–Crippen LogP) is 1.40. The molecule has 2 aliphatic heterocycles. The summed E-state index contributed by atoms with van der Waals surface area (Å²) in [7, 11) is 3.70. The number of nitrogens with zero attached hydrogens (tertiary/aromatic N) is 4. The Morgan fingerprint density at radius 1 is 1.16 bits per heavy atom. The van der Waals surface area contributed by atoms with Crippen LogP contribution in [0.15, 0.2) is 12.1 Å². The van der Waals surface area contributed by atoms with Crippen LogP contribution in [-0.2, 0) is 0 Å². The van der Waals surface area contributed by atoms with Crippen molar-refractivity contribution in [3.05, 3.63) is 22.2 Å². The van der Waals surface area contributed by atoms with Gasteiger partial charge in [-0.1, -0.05) is 0 Å². The number of nitro benzene ring substituents is 1. The lowest BCUT2D eigenvalue weighted by molar-refractivity contribution is -0.384. The van der Waals surface area contributed by atoms with Crippen molar-refractivity contribution in [2.75, 3.05) is 64.1 Å². The Bertz CT molecular complexity index is 623. The van der Waals surface area contributed by atoms with Crippen LogP contribution in [0.4, 0.5) is 17.1 Å². The molecule has 0 amide bonds. The molecule has 8 nitrogen and oxygen atoms in total. The molecule has 0 atom stereocenters. The smallest absolute Gasteiger partial charge is 0.294 e. The highest BCUT2D eigenvalue weighted by Crippen LogP contribution is 2.37. The van der Waals surface area contributed by atoms with Crippen LogP contribution >= 0.6 is 0 Å². The molecule has 0 aromatic heterocycles. The molecule has 0 bridgehead atoms. The van der Waals surface area contributed by atoms with E-state index in [9.17, 15) is 10.1 Å². The van der Waals surface area contributed by atoms with E-state index in [1.165, 1.54) is 26.0 Å². The molecule has 8 heteroatoms. The van der Waals surface area contributed by atoms with Gasteiger partial charge in [0.25, 0.3) is 5.69 Å². The summed E-state index contributed by atoms with van der Waals surface area (Å²) in [5.74, 6) is 0.485. The van der Waals surface area contributed by atoms with Gasteiger partial charge < -0.3 is 20.3 Å². The first-order valence-electron chi connectivity index (χ1n) is 8.79. The van der Waals surface area contributed by atoms with Crippen molar-refractivity contribution >= 4 is 17.1 Å². The molecule has 0 spiro atoms. The molecule has 138 valence electrons. The minimum Gasteiger partial charge on any atom is -0.495 e. The Balaban J connectivity index is 1.71. The first-order chi connectivity index (χ1) is 12.0. The monoisotopic (exact) mass is 349 g/mol. The summed E-state index contributed by atoms with van der Waals surface area (Å²) in [6, 6.07) is 3.73. The van der Waals surface area contributed by atoms with Crippen molar-refractivity contribution in [2.45, 2.75) is 18.9 Å². The lowest BCUT2D eigenvalue weighted by atomic mass is 10.0. The average Bonchev–Trinajstić information content (AvgIpc) is 2.62. The molecule has 2 saturated heterocycles. The van der Waals surface area contributed by atoms with E-state index in [0.29, 0.717) is 23.2 Å². The van der Waals surface area contributed by atoms with E-state index in [0.717, 1.165) is 39.3 Å². The Morgan fingerprint density at radius 3 is 2.36 bits per heavy atom. The van der Waals surface area contributed by atoms with Crippen LogP contribution in [0.3, 0.4) is 0 Å². The van der Waals surface area contributed by atoms with Crippen molar-refractivity contribution < 1.29 is 9.66 Å². The predicted molar refractivity (Wildman–Crippen MR) is 98.4 cm³/mol. The number of hydrogen-bond acceptors (Lipinski definition) is 7. The topological polar surface area (TPSA) is 88.1 Å². The fourth-order valence-electron chi connectivity index (χ4n) is 3.84. The van der Waals surface area contributed by atoms with Gasteiger partial charge in [0, 0.05) is 44.4 Å². The Labute approximate surface area is 148 Å². The maximum absolute atomic E-state index is 11.4. The van der Waals surface area contributed by atoms with Crippen LogP contribution in [0.2, 0.25) is 0 Å². The van der Waals surface area contributed by atoms with Crippen LogP contribution in [0.25, 0.3) is 0 Å². The van der Waals surface area contributed by atoms with Crippen LogP contribution in [0.1, 0.15) is 12.8 Å². The van der Waals surface area contributed by atoms with Crippen LogP contribution in [0.5, 0.6) is 5.75 Å². The third-order valence-corrected chi connectivity index (χ3v) is 5.38. The highest BCUT2D eigenvalue weighted by atomic mass is 16.6. The molecule has 0 aliphatic carbocycles. The van der Waals surface area contributed by atoms with Gasteiger partial charge in [-0.15, -0.1) is 0 Å². The Morgan fingerprint density at radius 2 is 1.80 bits per heavy atom. The number of piperazine rings is 1. The van der Waals surface area contributed by atoms with Gasteiger partial charge in [-0.25, -0.2) is 0 Å². The Kier molecular flexibility index (Phi) is 5.29. The highest BCUT2D eigenvalue weighted by molar-refractivity contribution is 5.73. The summed E-state index contributed by atoms with van der Waals surface area (Å²) in [6.07, 6.45) is 2.40. The molecule has 0 saturated carbocycles. The number of likely N-dealkylation sites (tertiary alicyclic amines) is 1. The summed E-state index contributed by atoms with van der Waals surface area (Å²) in [6.45, 7) is 5.70. The zero-order valence-corrected chi connectivity index (χ0v) is 15.0. The molecular weight excluding hydrogens is 322 g/mol. The van der Waals surface area contributed by atoms with E-state index in [1.54, 1.807) is 6.07 Å². The second kappa shape index (κ2) is 7.45. The fraction of sp³-hybridized carbons (Fsp3) is 0.647. The lowest BCUT2D eigenvalue weighted by Crippen LogP contribution is -2.53. The van der Waals surface area contributed by atoms with E-state index in [2.05, 4.69) is 21.7 Å². The van der Waals surface area contributed by atoms with Crippen molar-refractivity contribution in [2.24, 2.45) is 0 Å². The third kappa shape index (κ3) is 3.80.